The van der Waals surface area contributed by atoms with Gasteiger partial charge in [-0.3, -0.25) is 9.59 Å². The van der Waals surface area contributed by atoms with Gasteiger partial charge in [-0.15, -0.1) is 0 Å². The number of carbonyl (C=O) groups is 3. The minimum atomic E-state index is -0.764. The van der Waals surface area contributed by atoms with E-state index in [2.05, 4.69) is 22.6 Å². The van der Waals surface area contributed by atoms with Gasteiger partial charge < -0.3 is 9.47 Å². The second-order valence-electron chi connectivity index (χ2n) is 8.97. The van der Waals surface area contributed by atoms with Gasteiger partial charge >= 0.3 is 6.03 Å². The zero-order valence-electron chi connectivity index (χ0n) is 21.9. The first-order valence-electron chi connectivity index (χ1n) is 12.8. The Kier molecular flexibility index (Phi) is 8.44. The molecule has 0 atom stereocenters. The Morgan fingerprint density at radius 2 is 1.39 bits per heavy atom. The molecule has 41 heavy (non-hydrogen) atoms. The summed E-state index contributed by atoms with van der Waals surface area (Å²) in [5.41, 5.74) is 1.64. The predicted molar refractivity (Wildman–Crippen MR) is 162 cm³/mol. The molecule has 4 aromatic rings. The highest BCUT2D eigenvalue weighted by Gasteiger charge is 2.43. The standard InChI is InChI=1S/C32H24FIN2O5/c1-2-40-28-19-22(18-27(34)29(28)41-20-21-10-9-11-23(33)16-21)17-26-30(37)35(24-12-5-3-6-13-24)32(39)36(31(26)38)25-14-7-4-8-15-25/h3-19H,2,20H2,1H3. The maximum Gasteiger partial charge on any atom is 0.343 e. The average Bonchev–Trinajstić information content (AvgIpc) is 2.96. The summed E-state index contributed by atoms with van der Waals surface area (Å²) in [6.07, 6.45) is 1.45. The van der Waals surface area contributed by atoms with E-state index in [0.717, 1.165) is 9.80 Å². The minimum Gasteiger partial charge on any atom is -0.490 e. The Hall–Kier alpha value is -4.51. The summed E-state index contributed by atoms with van der Waals surface area (Å²) in [5, 5.41) is 0. The van der Waals surface area contributed by atoms with Crippen LogP contribution in [-0.4, -0.2) is 24.5 Å². The van der Waals surface area contributed by atoms with Gasteiger partial charge in [-0.05, 0) is 95.2 Å². The van der Waals surface area contributed by atoms with Crippen LogP contribution in [0.15, 0.2) is 103 Å². The summed E-state index contributed by atoms with van der Waals surface area (Å²) >= 11 is 2.08. The fraction of sp³-hybridized carbons (Fsp3) is 0.0938. The van der Waals surface area contributed by atoms with Gasteiger partial charge in [0.25, 0.3) is 11.8 Å². The molecule has 0 bridgehead atoms. The van der Waals surface area contributed by atoms with Crippen LogP contribution in [0.5, 0.6) is 11.5 Å². The molecule has 5 rings (SSSR count). The van der Waals surface area contributed by atoms with E-state index in [4.69, 9.17) is 9.47 Å². The highest BCUT2D eigenvalue weighted by atomic mass is 127. The fourth-order valence-electron chi connectivity index (χ4n) is 4.36. The summed E-state index contributed by atoms with van der Waals surface area (Å²) in [7, 11) is 0. The van der Waals surface area contributed by atoms with E-state index in [1.165, 1.54) is 18.2 Å². The quantitative estimate of drug-likeness (QED) is 0.116. The van der Waals surface area contributed by atoms with E-state index in [1.54, 1.807) is 84.9 Å². The van der Waals surface area contributed by atoms with Crippen molar-refractivity contribution in [3.05, 3.63) is 123 Å². The molecule has 0 unspecified atom stereocenters. The number of halogens is 2. The summed E-state index contributed by atoms with van der Waals surface area (Å²) < 4.78 is 26.1. The molecule has 0 radical (unpaired) electrons. The first-order valence-corrected chi connectivity index (χ1v) is 13.8. The Labute approximate surface area is 249 Å². The smallest absolute Gasteiger partial charge is 0.343 e. The van der Waals surface area contributed by atoms with Crippen LogP contribution in [0.4, 0.5) is 20.6 Å². The van der Waals surface area contributed by atoms with Crippen LogP contribution in [0.1, 0.15) is 18.1 Å². The molecular weight excluding hydrogens is 638 g/mol. The van der Waals surface area contributed by atoms with Crippen LogP contribution in [0.25, 0.3) is 6.08 Å². The van der Waals surface area contributed by atoms with Gasteiger partial charge in [0.2, 0.25) is 0 Å². The number of barbiturate groups is 1. The Bertz CT molecular complexity index is 1580. The van der Waals surface area contributed by atoms with Crippen LogP contribution in [-0.2, 0) is 16.2 Å². The summed E-state index contributed by atoms with van der Waals surface area (Å²) in [6, 6.07) is 25.7. The van der Waals surface area contributed by atoms with Gasteiger partial charge in [-0.2, -0.15) is 0 Å². The van der Waals surface area contributed by atoms with Crippen molar-refractivity contribution in [2.45, 2.75) is 13.5 Å². The molecule has 4 aromatic carbocycles. The number of ether oxygens (including phenoxy) is 2. The minimum absolute atomic E-state index is 0.116. The van der Waals surface area contributed by atoms with Crippen LogP contribution < -0.4 is 19.3 Å². The first-order chi connectivity index (χ1) is 19.9. The normalized spacial score (nSPS) is 13.4. The van der Waals surface area contributed by atoms with E-state index >= 15 is 0 Å². The van der Waals surface area contributed by atoms with Gasteiger partial charge in [0.05, 0.1) is 21.6 Å². The average molecular weight is 662 g/mol. The summed E-state index contributed by atoms with van der Waals surface area (Å²) in [4.78, 5) is 42.9. The maximum atomic E-state index is 13.7. The van der Waals surface area contributed by atoms with E-state index in [-0.39, 0.29) is 18.0 Å². The van der Waals surface area contributed by atoms with Crippen LogP contribution in [0.2, 0.25) is 0 Å². The molecule has 1 aliphatic heterocycles. The third-order valence-corrected chi connectivity index (χ3v) is 6.99. The number of urea groups is 1. The maximum absolute atomic E-state index is 13.7. The van der Waals surface area contributed by atoms with E-state index in [9.17, 15) is 18.8 Å². The summed E-state index contributed by atoms with van der Waals surface area (Å²) in [6.45, 7) is 2.28. The zero-order valence-corrected chi connectivity index (χ0v) is 24.1. The molecule has 7 nitrogen and oxygen atoms in total. The van der Waals surface area contributed by atoms with Crippen molar-refractivity contribution in [1.82, 2.24) is 0 Å². The van der Waals surface area contributed by atoms with E-state index in [0.29, 0.717) is 44.2 Å². The third kappa shape index (κ3) is 5.99. The topological polar surface area (TPSA) is 76.2 Å². The predicted octanol–water partition coefficient (Wildman–Crippen LogP) is 6.99. The van der Waals surface area contributed by atoms with Crippen LogP contribution >= 0.6 is 22.6 Å². The number of hydrogen-bond donors (Lipinski definition) is 0. The van der Waals surface area contributed by atoms with E-state index in [1.807, 2.05) is 6.92 Å². The van der Waals surface area contributed by atoms with Crippen LogP contribution in [0.3, 0.4) is 0 Å². The molecule has 9 heteroatoms. The lowest BCUT2D eigenvalue weighted by molar-refractivity contribution is -0.121. The largest absolute Gasteiger partial charge is 0.490 e. The molecule has 1 fully saturated rings. The lowest BCUT2D eigenvalue weighted by Gasteiger charge is -2.34. The van der Waals surface area contributed by atoms with Gasteiger partial charge in [0, 0.05) is 0 Å². The fourth-order valence-corrected chi connectivity index (χ4v) is 5.14. The number of benzene rings is 4. The third-order valence-electron chi connectivity index (χ3n) is 6.19. The van der Waals surface area contributed by atoms with Gasteiger partial charge in [0.15, 0.2) is 11.5 Å². The molecule has 1 heterocycles. The number of hydrogen-bond acceptors (Lipinski definition) is 5. The lowest BCUT2D eigenvalue weighted by atomic mass is 10.0. The number of nitrogens with zero attached hydrogens (tertiary/aromatic N) is 2. The second kappa shape index (κ2) is 12.3. The molecule has 0 aromatic heterocycles. The summed E-state index contributed by atoms with van der Waals surface area (Å²) in [5.74, 6) is -0.987. The van der Waals surface area contributed by atoms with Crippen molar-refractivity contribution in [2.24, 2.45) is 0 Å². The van der Waals surface area contributed by atoms with Crippen molar-refractivity contribution < 1.29 is 28.2 Å². The Morgan fingerprint density at radius 3 is 1.95 bits per heavy atom. The Morgan fingerprint density at radius 1 is 0.780 bits per heavy atom. The van der Waals surface area contributed by atoms with Gasteiger partial charge in [-0.25, -0.2) is 19.0 Å². The number of carbonyl (C=O) groups excluding carboxylic acids is 3. The molecule has 1 aliphatic rings. The number of amides is 4. The highest BCUT2D eigenvalue weighted by Crippen LogP contribution is 2.37. The molecule has 1 saturated heterocycles. The molecular formula is C32H24FIN2O5. The highest BCUT2D eigenvalue weighted by molar-refractivity contribution is 14.1. The first kappa shape index (κ1) is 28.0. The zero-order chi connectivity index (χ0) is 28.9. The number of imide groups is 2. The lowest BCUT2D eigenvalue weighted by Crippen LogP contribution is -2.57. The Balaban J connectivity index is 1.55. The van der Waals surface area contributed by atoms with Crippen molar-refractivity contribution in [3.63, 3.8) is 0 Å². The van der Waals surface area contributed by atoms with Crippen molar-refractivity contribution >= 4 is 57.9 Å². The molecule has 4 amide bonds. The van der Waals surface area contributed by atoms with Gasteiger partial charge in [-0.1, -0.05) is 48.5 Å². The van der Waals surface area contributed by atoms with Gasteiger partial charge in [0.1, 0.15) is 18.0 Å². The van der Waals surface area contributed by atoms with E-state index < -0.39 is 17.8 Å². The van der Waals surface area contributed by atoms with Crippen molar-refractivity contribution in [3.8, 4) is 11.5 Å². The molecule has 0 aliphatic carbocycles. The van der Waals surface area contributed by atoms with Crippen molar-refractivity contribution in [1.29, 1.82) is 0 Å². The number of rotatable bonds is 8. The monoisotopic (exact) mass is 662 g/mol. The number of para-hydroxylation sites is 2. The number of anilines is 2. The SMILES string of the molecule is CCOc1cc(C=C2C(=O)N(c3ccccc3)C(=O)N(c3ccccc3)C2=O)cc(I)c1OCc1cccc(F)c1. The molecule has 206 valence electrons. The second-order valence-corrected chi connectivity index (χ2v) is 10.1. The van der Waals surface area contributed by atoms with Crippen molar-refractivity contribution in [2.75, 3.05) is 16.4 Å². The molecule has 0 N–H and O–H groups in total. The molecule has 0 spiro atoms. The molecule has 0 saturated carbocycles. The van der Waals surface area contributed by atoms with Crippen LogP contribution in [0, 0.1) is 9.39 Å².